The van der Waals surface area contributed by atoms with E-state index in [0.717, 1.165) is 11.6 Å². The fraction of sp³-hybridized carbons (Fsp3) is 0.457. The molecule has 0 radical (unpaired) electrons. The summed E-state index contributed by atoms with van der Waals surface area (Å²) in [6, 6.07) is 10.4. The third kappa shape index (κ3) is 5.50. The number of halogens is 3. The molecule has 0 aliphatic carbocycles. The number of fused-ring (bicyclic) bond motifs is 12. The number of amides is 1. The van der Waals surface area contributed by atoms with E-state index in [-0.39, 0.29) is 66.2 Å². The average Bonchev–Trinajstić information content (AvgIpc) is 3.76. The number of furan rings is 1. The Morgan fingerprint density at radius 2 is 1.90 bits per heavy atom. The highest BCUT2D eigenvalue weighted by Crippen LogP contribution is 2.42. The van der Waals surface area contributed by atoms with E-state index >= 15 is 8.78 Å². The normalized spacial score (nSPS) is 24.8. The van der Waals surface area contributed by atoms with Gasteiger partial charge in [-0.15, -0.1) is 0 Å². The van der Waals surface area contributed by atoms with E-state index < -0.39 is 42.1 Å². The Morgan fingerprint density at radius 1 is 1.06 bits per heavy atom. The van der Waals surface area contributed by atoms with Gasteiger partial charge in [-0.05, 0) is 49.4 Å². The molecular weight excluding hydrogens is 641 g/mol. The van der Waals surface area contributed by atoms with E-state index in [9.17, 15) is 19.1 Å². The van der Waals surface area contributed by atoms with Gasteiger partial charge in [-0.25, -0.2) is 19.2 Å². The Bertz CT molecular complexity index is 2100. The predicted octanol–water partition coefficient (Wildman–Crippen LogP) is 6.44. The van der Waals surface area contributed by atoms with Crippen molar-refractivity contribution < 1.29 is 37.0 Å². The molecule has 11 nitrogen and oxygen atoms in total. The molecule has 4 aliphatic heterocycles. The quantitative estimate of drug-likeness (QED) is 0.213. The molecule has 2 saturated heterocycles. The maximum absolute atomic E-state index is 15.9. The number of para-hydroxylation sites is 2. The fourth-order valence-corrected chi connectivity index (χ4v) is 7.70. The van der Waals surface area contributed by atoms with E-state index in [1.54, 1.807) is 0 Å². The number of aliphatic carboxylic acids is 1. The number of carbonyl (C=O) groups excluding carboxylic acids is 1. The molecule has 1 amide bonds. The third-order valence-corrected chi connectivity index (χ3v) is 10.2. The average molecular weight is 677 g/mol. The minimum atomic E-state index is -3.48. The Balaban J connectivity index is 1.26. The number of benzene rings is 2. The molecule has 7 heterocycles. The molecule has 6 bridgehead atoms. The summed E-state index contributed by atoms with van der Waals surface area (Å²) in [5, 5.41) is 10.7. The number of alkyl halides is 2. The number of piperidine rings is 1. The summed E-state index contributed by atoms with van der Waals surface area (Å²) in [6.07, 6.45) is 0.660. The van der Waals surface area contributed by atoms with Crippen LogP contribution in [0.5, 0.6) is 6.01 Å². The van der Waals surface area contributed by atoms with Gasteiger partial charge in [-0.2, -0.15) is 13.8 Å². The van der Waals surface area contributed by atoms with Gasteiger partial charge in [0.15, 0.2) is 11.4 Å². The predicted molar refractivity (Wildman–Crippen MR) is 173 cm³/mol. The highest BCUT2D eigenvalue weighted by atomic mass is 19.3. The lowest BCUT2D eigenvalue weighted by molar-refractivity contribution is -0.138. The van der Waals surface area contributed by atoms with E-state index in [2.05, 4.69) is 16.9 Å². The van der Waals surface area contributed by atoms with Crippen LogP contribution in [-0.4, -0.2) is 73.2 Å². The molecular formula is C35H35F3N6O5. The summed E-state index contributed by atoms with van der Waals surface area (Å²) in [6.45, 7) is 3.14. The van der Waals surface area contributed by atoms with Crippen molar-refractivity contribution in [1.29, 1.82) is 0 Å². The lowest BCUT2D eigenvalue weighted by Crippen LogP contribution is -2.43. The first kappa shape index (κ1) is 31.4. The van der Waals surface area contributed by atoms with Crippen molar-refractivity contribution in [2.75, 3.05) is 24.5 Å². The minimum absolute atomic E-state index is 0.00545. The van der Waals surface area contributed by atoms with Crippen LogP contribution in [0.1, 0.15) is 63.7 Å². The van der Waals surface area contributed by atoms with Crippen LogP contribution in [-0.2, 0) is 15.5 Å². The lowest BCUT2D eigenvalue weighted by Gasteiger charge is -2.38. The van der Waals surface area contributed by atoms with Crippen LogP contribution in [0.4, 0.5) is 19.0 Å². The van der Waals surface area contributed by atoms with Crippen LogP contribution in [0.3, 0.4) is 0 Å². The molecule has 14 heteroatoms. The maximum Gasteiger partial charge on any atom is 0.326 e. The Labute approximate surface area is 278 Å². The fourth-order valence-electron chi connectivity index (χ4n) is 7.70. The maximum atomic E-state index is 15.9. The Hall–Kier alpha value is -4.88. The van der Waals surface area contributed by atoms with Crippen molar-refractivity contribution in [1.82, 2.24) is 24.4 Å². The molecule has 2 aromatic carbocycles. The summed E-state index contributed by atoms with van der Waals surface area (Å²) in [7, 11) is 0. The van der Waals surface area contributed by atoms with E-state index in [1.807, 2.05) is 33.7 Å². The molecule has 0 unspecified atom stereocenters. The van der Waals surface area contributed by atoms with Crippen molar-refractivity contribution in [3.05, 3.63) is 54.1 Å². The first-order valence-corrected chi connectivity index (χ1v) is 16.8. The molecule has 5 aromatic rings. The second-order valence-corrected chi connectivity index (χ2v) is 13.5. The second kappa shape index (κ2) is 11.9. The summed E-state index contributed by atoms with van der Waals surface area (Å²) in [4.78, 5) is 42.5. The number of nitrogens with zero attached hydrogens (tertiary/aromatic N) is 6. The molecule has 1 N–H and O–H groups in total. The standard InChI is InChI=1S/C35H35F3N6O5/c1-19-17-42-14-12-24(19)44-25-8-5-4-7-23(25)39-34(44)48-21-16-26(32(46)47)43(18-21)31-30-29(22-11-10-20(36)15-27(22)49-30)40-33(41-31)35(37,38)13-6-2-3-9-28(42)45/h4-5,7-8,10-11,15,19,21,24,26H,2-3,6,9,12-14,16-18H2,1H3,(H,46,47)/t19-,21-,24-,26-/m0/s1. The largest absolute Gasteiger partial charge is 0.480 e. The molecule has 256 valence electrons. The highest BCUT2D eigenvalue weighted by Gasteiger charge is 2.44. The van der Waals surface area contributed by atoms with Crippen molar-refractivity contribution in [3.63, 3.8) is 0 Å². The monoisotopic (exact) mass is 676 g/mol. The van der Waals surface area contributed by atoms with Crippen molar-refractivity contribution in [3.8, 4) is 6.01 Å². The number of hydrogen-bond donors (Lipinski definition) is 1. The number of aromatic nitrogens is 4. The highest BCUT2D eigenvalue weighted by molar-refractivity contribution is 6.06. The number of ether oxygens (including phenoxy) is 1. The summed E-state index contributed by atoms with van der Waals surface area (Å²) < 4.78 is 60.6. The van der Waals surface area contributed by atoms with Gasteiger partial charge in [-0.1, -0.05) is 25.5 Å². The van der Waals surface area contributed by atoms with Crippen LogP contribution in [0.25, 0.3) is 33.1 Å². The van der Waals surface area contributed by atoms with Crippen LogP contribution < -0.4 is 9.64 Å². The molecule has 4 atom stereocenters. The summed E-state index contributed by atoms with van der Waals surface area (Å²) >= 11 is 0. The molecule has 9 rings (SSSR count). The van der Waals surface area contributed by atoms with Crippen molar-refractivity contribution in [2.24, 2.45) is 5.92 Å². The SMILES string of the molecule is C[C@H]1CN2CC[C@@H]1n1c(nc3ccccc31)O[C@H]1C[C@@H](C(=O)O)N(C1)c1nc(nc3c1oc1cc(F)ccc13)C(F)(F)CCCCCC2=O. The number of carboxylic acids is 1. The number of anilines is 1. The van der Waals surface area contributed by atoms with Gasteiger partial charge in [0, 0.05) is 49.8 Å². The number of imidazole rings is 1. The molecule has 49 heavy (non-hydrogen) atoms. The van der Waals surface area contributed by atoms with Crippen LogP contribution >= 0.6 is 0 Å². The zero-order valence-corrected chi connectivity index (χ0v) is 26.8. The van der Waals surface area contributed by atoms with E-state index in [1.165, 1.54) is 17.0 Å². The van der Waals surface area contributed by atoms with Gasteiger partial charge in [-0.3, -0.25) is 9.36 Å². The number of rotatable bonds is 1. The Morgan fingerprint density at radius 3 is 2.71 bits per heavy atom. The number of hydrogen-bond acceptors (Lipinski definition) is 8. The summed E-state index contributed by atoms with van der Waals surface area (Å²) in [5.74, 6) is -6.09. The first-order valence-electron chi connectivity index (χ1n) is 16.8. The van der Waals surface area contributed by atoms with Crippen LogP contribution in [0.15, 0.2) is 46.9 Å². The molecule has 2 fully saturated rings. The molecule has 3 aromatic heterocycles. The van der Waals surface area contributed by atoms with Gasteiger partial charge in [0.25, 0.3) is 6.01 Å². The van der Waals surface area contributed by atoms with E-state index in [4.69, 9.17) is 14.1 Å². The van der Waals surface area contributed by atoms with Crippen molar-refractivity contribution >= 4 is 50.8 Å². The van der Waals surface area contributed by atoms with Gasteiger partial charge >= 0.3 is 11.9 Å². The zero-order valence-electron chi connectivity index (χ0n) is 26.8. The first-order chi connectivity index (χ1) is 23.6. The molecule has 4 aliphatic rings. The lowest BCUT2D eigenvalue weighted by atomic mass is 9.93. The van der Waals surface area contributed by atoms with Crippen LogP contribution in [0, 0.1) is 11.7 Å². The second-order valence-electron chi connectivity index (χ2n) is 13.5. The van der Waals surface area contributed by atoms with Gasteiger partial charge in [0.05, 0.1) is 17.6 Å². The third-order valence-electron chi connectivity index (χ3n) is 10.2. The zero-order chi connectivity index (χ0) is 34.0. The minimum Gasteiger partial charge on any atom is -0.480 e. The van der Waals surface area contributed by atoms with Gasteiger partial charge in [0.2, 0.25) is 11.7 Å². The van der Waals surface area contributed by atoms with Crippen LogP contribution in [0.2, 0.25) is 0 Å². The number of carbonyl (C=O) groups is 2. The number of carboxylic acid groups (broad SMARTS) is 1. The van der Waals surface area contributed by atoms with Crippen molar-refractivity contribution in [2.45, 2.75) is 76.0 Å². The Kier molecular flexibility index (Phi) is 7.63. The topological polar surface area (TPSA) is 127 Å². The van der Waals surface area contributed by atoms with E-state index in [0.29, 0.717) is 49.3 Å². The molecule has 0 spiro atoms. The van der Waals surface area contributed by atoms with Gasteiger partial charge in [0.1, 0.15) is 29.1 Å². The summed E-state index contributed by atoms with van der Waals surface area (Å²) in [5.41, 5.74) is 1.68. The van der Waals surface area contributed by atoms with Gasteiger partial charge < -0.3 is 24.1 Å². The molecule has 0 saturated carbocycles. The smallest absolute Gasteiger partial charge is 0.326 e.